The van der Waals surface area contributed by atoms with Crippen molar-refractivity contribution in [1.82, 2.24) is 0 Å². The van der Waals surface area contributed by atoms with E-state index >= 15 is 0 Å². The van der Waals surface area contributed by atoms with Crippen molar-refractivity contribution in [3.8, 4) is 0 Å². The van der Waals surface area contributed by atoms with E-state index in [1.807, 2.05) is 0 Å². The van der Waals surface area contributed by atoms with E-state index in [1.165, 1.54) is 0 Å². The predicted molar refractivity (Wildman–Crippen MR) is 277 cm³/mol. The Labute approximate surface area is 506 Å². The van der Waals surface area contributed by atoms with Gasteiger partial charge in [0.25, 0.3) is 0 Å². The third-order valence-corrected chi connectivity index (χ3v) is 15.8. The number of hydrogen-bond donors (Lipinski definition) is 14. The summed E-state index contributed by atoms with van der Waals surface area (Å²) in [6, 6.07) is 0. The molecule has 91 heavy (non-hydrogen) atoms. The zero-order valence-electron chi connectivity index (χ0n) is 46.5. The lowest BCUT2D eigenvalue weighted by Gasteiger charge is -2.50. The van der Waals surface area contributed by atoms with Crippen LogP contribution in [0.5, 0.6) is 0 Å². The summed E-state index contributed by atoms with van der Waals surface area (Å²) in [5.41, 5.74) is 65.3. The van der Waals surface area contributed by atoms with Crippen LogP contribution in [0, 0.1) is 0 Å². The van der Waals surface area contributed by atoms with Crippen LogP contribution in [-0.2, 0) is 66.3 Å². The molecule has 0 unspecified atom stereocenters. The number of rotatable bonds is 14. The highest BCUT2D eigenvalue weighted by atomic mass is 16.8. The van der Waals surface area contributed by atoms with Gasteiger partial charge in [0.1, 0.15) is 128 Å². The smallest absolute Gasteiger partial charge is 0.187 e. The molecule has 21 aliphatic rings. The number of nitrogens with zero attached hydrogens (tertiary/aromatic N) is 21. The minimum absolute atomic E-state index is 0.804. The first kappa shape index (κ1) is 70.9. The first-order valence-electron chi connectivity index (χ1n) is 27.4. The predicted octanol–water partition coefficient (Wildman–Crippen LogP) is -6.00. The van der Waals surface area contributed by atoms with Crippen molar-refractivity contribution in [1.29, 1.82) is 0 Å². The number of aliphatic hydroxyl groups is 14. The summed E-state index contributed by atoms with van der Waals surface area (Å²) in [6.07, 6.45) is -73.2. The zero-order chi connectivity index (χ0) is 66.0. The largest absolute Gasteiger partial charge is 0.387 e. The van der Waals surface area contributed by atoms with Crippen LogP contribution in [0.1, 0.15) is 0 Å². The van der Waals surface area contributed by atoms with Crippen molar-refractivity contribution < 1.29 is 138 Å². The van der Waals surface area contributed by atoms with Gasteiger partial charge in [-0.3, -0.25) is 0 Å². The van der Waals surface area contributed by atoms with Crippen LogP contribution in [0.25, 0.3) is 73.1 Å². The molecule has 0 aromatic carbocycles. The second-order valence-corrected chi connectivity index (χ2v) is 21.3. The van der Waals surface area contributed by atoms with E-state index in [1.54, 1.807) is 0 Å². The molecule has 49 heteroatoms. The van der Waals surface area contributed by atoms with Crippen LogP contribution in [0.15, 0.2) is 35.8 Å². The maximum Gasteiger partial charge on any atom is 0.187 e. The normalized spacial score (nSPS) is 47.7. The highest BCUT2D eigenvalue weighted by Gasteiger charge is 2.59. The lowest BCUT2D eigenvalue weighted by molar-refractivity contribution is -0.391. The first-order chi connectivity index (χ1) is 43.7. The van der Waals surface area contributed by atoms with Crippen LogP contribution < -0.4 is 0 Å². The van der Waals surface area contributed by atoms with Crippen molar-refractivity contribution in [3.05, 3.63) is 73.1 Å². The Morgan fingerprint density at radius 1 is 0.187 bits per heavy atom. The number of ether oxygens (including phenoxy) is 14. The van der Waals surface area contributed by atoms with Crippen LogP contribution in [0.2, 0.25) is 0 Å². The average Bonchev–Trinajstić information content (AvgIpc) is 0.799. The fourth-order valence-corrected chi connectivity index (χ4v) is 11.2. The number of hydrogen-bond acceptors (Lipinski definition) is 35. The van der Waals surface area contributed by atoms with Crippen LogP contribution in [0.3, 0.4) is 0 Å². The van der Waals surface area contributed by atoms with Gasteiger partial charge < -0.3 is 138 Å². The topological polar surface area (TPSA) is 754 Å². The van der Waals surface area contributed by atoms with Gasteiger partial charge in [0.2, 0.25) is 0 Å². The van der Waals surface area contributed by atoms with Crippen LogP contribution in [0.4, 0.5) is 0 Å². The van der Waals surface area contributed by atoms with Gasteiger partial charge in [-0.2, -0.15) is 0 Å². The SMILES string of the molecule is [N-]=[N+]=NC[C@H]1O[C@@H]2O[C@H]3[C@H](O)[C@@H](O)[C@@H](O[C@H]4[C@H](O)[C@@H](O)[C@@H](O[C@H]5[C@H](O)[C@@H](O)[C@@H](O[C@H]6[C@H](O)[C@@H](O)[C@@H](O[C@H]7[C@H](O)[C@@H](O)[C@@H](O[C@H]8[C@H](O)[C@@H](O)[C@@H](O[C@H]1[C@H](O)[C@H]2O)O[C@@H]8CN=[N+]=[N-])O[C@@H]7CN=[N+]=[N-])O[C@@H]6CN=[N+]=[N-])O[C@@H]5CN=[N+]=[N-])O[C@@H]4CN=[N+]=[N-])O[C@@H]3CN=[N+]=[N-]. The van der Waals surface area contributed by atoms with E-state index in [9.17, 15) is 110 Å². The molecular weight excluding hydrogens is 1250 g/mol. The van der Waals surface area contributed by atoms with E-state index in [0.29, 0.717) is 0 Å². The van der Waals surface area contributed by atoms with Gasteiger partial charge in [0.15, 0.2) is 44.0 Å². The van der Waals surface area contributed by atoms with E-state index in [0.717, 1.165) is 0 Å². The zero-order valence-corrected chi connectivity index (χ0v) is 46.5. The lowest BCUT2D eigenvalue weighted by Crippen LogP contribution is -2.68. The molecule has 0 radical (unpaired) electrons. The maximum atomic E-state index is 11.7. The van der Waals surface area contributed by atoms with E-state index in [2.05, 4.69) is 70.2 Å². The molecule has 21 rings (SSSR count). The Morgan fingerprint density at radius 2 is 0.297 bits per heavy atom. The maximum absolute atomic E-state index is 11.7. The fraction of sp³-hybridized carbons (Fsp3) is 1.00. The average molecular weight is 1310 g/mol. The number of azide groups is 7. The second-order valence-electron chi connectivity index (χ2n) is 21.3. The molecule has 49 nitrogen and oxygen atoms in total. The first-order valence-corrected chi connectivity index (χ1v) is 27.4. The van der Waals surface area contributed by atoms with Gasteiger partial charge in [-0.05, 0) is 38.7 Å². The molecule has 21 saturated heterocycles. The molecular formula is C42H63N21O28. The highest BCUT2D eigenvalue weighted by Crippen LogP contribution is 2.39. The molecule has 35 atom stereocenters. The van der Waals surface area contributed by atoms with Gasteiger partial charge in [-0.25, -0.2) is 0 Å². The summed E-state index contributed by atoms with van der Waals surface area (Å²) >= 11 is 0. The lowest BCUT2D eigenvalue weighted by atomic mass is 9.94. The summed E-state index contributed by atoms with van der Waals surface area (Å²) in [5, 5.41) is 187. The van der Waals surface area contributed by atoms with Crippen molar-refractivity contribution in [2.45, 2.75) is 215 Å². The highest BCUT2D eigenvalue weighted by molar-refractivity contribution is 5.03. The molecule has 21 heterocycles. The Morgan fingerprint density at radius 3 is 0.396 bits per heavy atom. The molecule has 0 saturated carbocycles. The monoisotopic (exact) mass is 1310 g/mol. The van der Waals surface area contributed by atoms with Crippen LogP contribution >= 0.6 is 0 Å². The summed E-state index contributed by atoms with van der Waals surface area (Å²) < 4.78 is 82.3. The van der Waals surface area contributed by atoms with Gasteiger partial charge in [-0.15, -0.1) is 0 Å². The molecule has 14 N–H and O–H groups in total. The summed E-state index contributed by atoms with van der Waals surface area (Å²) in [4.78, 5) is 18.6. The Hall–Kier alpha value is -5.95. The van der Waals surface area contributed by atoms with Gasteiger partial charge >= 0.3 is 0 Å². The Kier molecular flexibility index (Phi) is 25.1. The Bertz CT molecular complexity index is 2290. The molecule has 21 fully saturated rings. The quantitative estimate of drug-likeness (QED) is 0.0437. The van der Waals surface area contributed by atoms with Crippen molar-refractivity contribution in [3.63, 3.8) is 0 Å². The number of aliphatic hydroxyl groups excluding tert-OH is 14. The van der Waals surface area contributed by atoms with E-state index in [-0.39, 0.29) is 0 Å². The molecule has 0 amide bonds. The molecule has 0 aliphatic carbocycles. The second kappa shape index (κ2) is 32.3. The molecule has 14 bridgehead atoms. The molecule has 0 aromatic heterocycles. The molecule has 21 aliphatic heterocycles. The van der Waals surface area contributed by atoms with E-state index in [4.69, 9.17) is 66.3 Å². The van der Waals surface area contributed by atoms with Crippen LogP contribution in [-0.4, -0.2) is 332 Å². The molecule has 0 spiro atoms. The van der Waals surface area contributed by atoms with Crippen molar-refractivity contribution >= 4 is 0 Å². The third-order valence-electron chi connectivity index (χ3n) is 15.8. The summed E-state index contributed by atoms with van der Waals surface area (Å²) in [6.45, 7) is -5.63. The molecule has 504 valence electrons. The van der Waals surface area contributed by atoms with Crippen molar-refractivity contribution in [2.75, 3.05) is 45.8 Å². The minimum Gasteiger partial charge on any atom is -0.387 e. The fourth-order valence-electron chi connectivity index (χ4n) is 11.2. The standard InChI is InChI=1S/C42H63N21O28/c43-57-50-1-8-29-15(64)22(71)36(78-8)86-30-9(2-51-58-44)80-38(24(73)17(30)66)88-32-11(4-53-60-46)82-40(26(75)19(32)68)90-34-13(6-55-62-48)84-42(28(77)21(34)70)91-35-14(7-56-63-49)83-41(27(76)20(35)69)89-33-12(5-54-61-47)81-39(25(74)18(33)67)87-31-10(3-52-59-45)79-37(85-29)23(72)16(31)65/h8-42,64-77H,1-7H2/t8-,9-,10-,11-,12-,13-,14-,15-,16-,17-,18-,19-,20-,21-,22-,23-,24-,25-,26-,27-,28-,29-,30-,31-,32-,33-,34-,35-,36-,37-,38-,39-,40-,41-,42-/m1/s1. The van der Waals surface area contributed by atoms with E-state index < -0.39 is 261 Å². The third kappa shape index (κ3) is 15.7. The van der Waals surface area contributed by atoms with Crippen molar-refractivity contribution in [2.24, 2.45) is 35.8 Å². The Balaban J connectivity index is 1.17. The van der Waals surface area contributed by atoms with Gasteiger partial charge in [0, 0.05) is 34.4 Å². The van der Waals surface area contributed by atoms with Gasteiger partial charge in [0.05, 0.1) is 88.5 Å². The minimum atomic E-state index is -2.31. The summed E-state index contributed by atoms with van der Waals surface area (Å²) in [7, 11) is 0. The molecule has 0 aromatic rings. The van der Waals surface area contributed by atoms with Gasteiger partial charge in [-0.1, -0.05) is 35.8 Å². The summed E-state index contributed by atoms with van der Waals surface area (Å²) in [5.74, 6) is 0.